The molecule has 0 atom stereocenters. The van der Waals surface area contributed by atoms with Crippen LogP contribution in [0.1, 0.15) is 16.1 Å². The molecule has 0 aliphatic carbocycles. The van der Waals surface area contributed by atoms with Crippen molar-refractivity contribution >= 4 is 46.6 Å². The number of carbonyl (C=O) groups is 2. The summed E-state index contributed by atoms with van der Waals surface area (Å²) in [7, 11) is 0. The molecule has 2 amide bonds. The number of benzene rings is 2. The number of rotatable bonds is 6. The molecule has 138 valence electrons. The van der Waals surface area contributed by atoms with E-state index in [2.05, 4.69) is 10.6 Å². The van der Waals surface area contributed by atoms with Gasteiger partial charge in [0.1, 0.15) is 0 Å². The van der Waals surface area contributed by atoms with Crippen molar-refractivity contribution in [2.75, 3.05) is 16.4 Å². The van der Waals surface area contributed by atoms with E-state index in [1.807, 2.05) is 25.1 Å². The first-order valence-electron chi connectivity index (χ1n) is 8.15. The van der Waals surface area contributed by atoms with Gasteiger partial charge in [-0.25, -0.2) is 0 Å². The molecule has 0 saturated carbocycles. The lowest BCUT2D eigenvalue weighted by Gasteiger charge is -2.09. The zero-order valence-electron chi connectivity index (χ0n) is 14.5. The van der Waals surface area contributed by atoms with Gasteiger partial charge in [0.25, 0.3) is 5.91 Å². The fourth-order valence-electron chi connectivity index (χ4n) is 2.31. The highest BCUT2D eigenvalue weighted by atomic mass is 35.5. The molecule has 0 spiro atoms. The van der Waals surface area contributed by atoms with E-state index in [1.54, 1.807) is 36.4 Å². The van der Waals surface area contributed by atoms with Crippen LogP contribution in [0.2, 0.25) is 5.02 Å². The van der Waals surface area contributed by atoms with Gasteiger partial charge in [0.2, 0.25) is 5.91 Å². The molecule has 2 N–H and O–H groups in total. The van der Waals surface area contributed by atoms with Crippen LogP contribution in [0.5, 0.6) is 0 Å². The molecule has 0 bridgehead atoms. The maximum Gasteiger partial charge on any atom is 0.291 e. The van der Waals surface area contributed by atoms with E-state index < -0.39 is 0 Å². The van der Waals surface area contributed by atoms with Crippen LogP contribution in [-0.2, 0) is 4.79 Å². The third kappa shape index (κ3) is 5.15. The number of halogens is 1. The first-order valence-corrected chi connectivity index (χ1v) is 9.52. The molecule has 3 rings (SSSR count). The minimum absolute atomic E-state index is 0.111. The van der Waals surface area contributed by atoms with Gasteiger partial charge in [-0.15, -0.1) is 11.8 Å². The highest BCUT2D eigenvalue weighted by Gasteiger charge is 2.10. The summed E-state index contributed by atoms with van der Waals surface area (Å²) in [5.41, 5.74) is 2.21. The van der Waals surface area contributed by atoms with Gasteiger partial charge >= 0.3 is 0 Å². The number of thioether (sulfide) groups is 1. The Morgan fingerprint density at radius 2 is 1.81 bits per heavy atom. The fraction of sp³-hybridized carbons (Fsp3) is 0.100. The van der Waals surface area contributed by atoms with Crippen LogP contribution in [0, 0.1) is 6.92 Å². The van der Waals surface area contributed by atoms with E-state index in [-0.39, 0.29) is 23.3 Å². The summed E-state index contributed by atoms with van der Waals surface area (Å²) < 4.78 is 5.05. The first kappa shape index (κ1) is 19.1. The lowest BCUT2D eigenvalue weighted by Crippen LogP contribution is -2.14. The van der Waals surface area contributed by atoms with Crippen molar-refractivity contribution in [1.29, 1.82) is 0 Å². The number of amides is 2. The van der Waals surface area contributed by atoms with Crippen molar-refractivity contribution in [3.8, 4) is 0 Å². The van der Waals surface area contributed by atoms with Crippen LogP contribution < -0.4 is 10.6 Å². The highest BCUT2D eigenvalue weighted by molar-refractivity contribution is 8.00. The topological polar surface area (TPSA) is 71.3 Å². The van der Waals surface area contributed by atoms with E-state index in [0.717, 1.165) is 10.5 Å². The monoisotopic (exact) mass is 400 g/mol. The predicted octanol–water partition coefficient (Wildman–Crippen LogP) is 5.22. The number of hydrogen-bond acceptors (Lipinski definition) is 4. The second-order valence-electron chi connectivity index (χ2n) is 5.71. The lowest BCUT2D eigenvalue weighted by molar-refractivity contribution is -0.113. The van der Waals surface area contributed by atoms with Crippen LogP contribution in [-0.4, -0.2) is 17.6 Å². The van der Waals surface area contributed by atoms with Crippen molar-refractivity contribution in [1.82, 2.24) is 0 Å². The van der Waals surface area contributed by atoms with E-state index in [0.29, 0.717) is 16.4 Å². The van der Waals surface area contributed by atoms with Crippen LogP contribution in [0.25, 0.3) is 0 Å². The third-order valence-electron chi connectivity index (χ3n) is 3.77. The molecule has 5 nitrogen and oxygen atoms in total. The van der Waals surface area contributed by atoms with Gasteiger partial charge in [-0.05, 0) is 61.0 Å². The molecular formula is C20H17ClN2O3S. The molecule has 0 unspecified atom stereocenters. The Hall–Kier alpha value is -2.70. The molecule has 27 heavy (non-hydrogen) atoms. The summed E-state index contributed by atoms with van der Waals surface area (Å²) in [5, 5.41) is 6.23. The Kier molecular flexibility index (Phi) is 6.21. The van der Waals surface area contributed by atoms with Gasteiger partial charge in [0, 0.05) is 21.3 Å². The lowest BCUT2D eigenvalue weighted by atomic mass is 10.2. The molecule has 0 aliphatic rings. The third-order valence-corrected chi connectivity index (χ3v) is 5.19. The first-order chi connectivity index (χ1) is 13.0. The van der Waals surface area contributed by atoms with Crippen molar-refractivity contribution in [3.05, 3.63) is 77.2 Å². The second-order valence-corrected chi connectivity index (χ2v) is 7.16. The van der Waals surface area contributed by atoms with E-state index in [1.165, 1.54) is 18.0 Å². The standard InChI is InChI=1S/C20H17ClN2O3S/c1-13-16(21)4-2-5-17(13)23-19(24)12-27-15-9-7-14(8-10-15)22-20(25)18-6-3-11-26-18/h2-11H,12H2,1H3,(H,22,25)(H,23,24). The van der Waals surface area contributed by atoms with Crippen molar-refractivity contribution in [2.24, 2.45) is 0 Å². The largest absolute Gasteiger partial charge is 0.459 e. The smallest absolute Gasteiger partial charge is 0.291 e. The highest BCUT2D eigenvalue weighted by Crippen LogP contribution is 2.24. The van der Waals surface area contributed by atoms with Gasteiger partial charge in [-0.1, -0.05) is 17.7 Å². The molecule has 2 aromatic carbocycles. The van der Waals surface area contributed by atoms with Crippen LogP contribution >= 0.6 is 23.4 Å². The fourth-order valence-corrected chi connectivity index (χ4v) is 3.19. The van der Waals surface area contributed by atoms with E-state index >= 15 is 0 Å². The number of furan rings is 1. The quantitative estimate of drug-likeness (QED) is 0.556. The van der Waals surface area contributed by atoms with Gasteiger partial charge in [0.15, 0.2) is 5.76 Å². The van der Waals surface area contributed by atoms with Gasteiger partial charge in [-0.3, -0.25) is 9.59 Å². The second kappa shape index (κ2) is 8.79. The Balaban J connectivity index is 1.51. The summed E-state index contributed by atoms with van der Waals surface area (Å²) >= 11 is 7.47. The van der Waals surface area contributed by atoms with Crippen molar-refractivity contribution < 1.29 is 14.0 Å². The average Bonchev–Trinajstić information content (AvgIpc) is 3.20. The summed E-state index contributed by atoms with van der Waals surface area (Å²) in [4.78, 5) is 25.0. The van der Waals surface area contributed by atoms with Crippen molar-refractivity contribution in [2.45, 2.75) is 11.8 Å². The number of nitrogens with one attached hydrogen (secondary N) is 2. The van der Waals surface area contributed by atoms with Gasteiger partial charge in [-0.2, -0.15) is 0 Å². The Morgan fingerprint density at radius 1 is 1.04 bits per heavy atom. The van der Waals surface area contributed by atoms with Crippen LogP contribution in [0.3, 0.4) is 0 Å². The van der Waals surface area contributed by atoms with Crippen LogP contribution in [0.4, 0.5) is 11.4 Å². The Labute approximate surface area is 166 Å². The maximum atomic E-state index is 12.2. The minimum atomic E-state index is -0.309. The number of hydrogen-bond donors (Lipinski definition) is 2. The summed E-state index contributed by atoms with van der Waals surface area (Å²) in [6, 6.07) is 15.9. The molecule has 0 fully saturated rings. The number of anilines is 2. The normalized spacial score (nSPS) is 10.4. The van der Waals surface area contributed by atoms with E-state index in [9.17, 15) is 9.59 Å². The molecule has 0 radical (unpaired) electrons. The van der Waals surface area contributed by atoms with Crippen LogP contribution in [0.15, 0.2) is 70.2 Å². The Morgan fingerprint density at radius 3 is 2.52 bits per heavy atom. The van der Waals surface area contributed by atoms with Crippen molar-refractivity contribution in [3.63, 3.8) is 0 Å². The van der Waals surface area contributed by atoms with E-state index in [4.69, 9.17) is 16.0 Å². The minimum Gasteiger partial charge on any atom is -0.459 e. The molecule has 1 heterocycles. The summed E-state index contributed by atoms with van der Waals surface area (Å²) in [5.74, 6) is 0.100. The molecule has 1 aromatic heterocycles. The van der Waals surface area contributed by atoms with Gasteiger partial charge < -0.3 is 15.1 Å². The Bertz CT molecular complexity index is 940. The number of carbonyl (C=O) groups excluding carboxylic acids is 2. The average molecular weight is 401 g/mol. The molecule has 3 aromatic rings. The maximum absolute atomic E-state index is 12.2. The zero-order valence-corrected chi connectivity index (χ0v) is 16.1. The SMILES string of the molecule is Cc1c(Cl)cccc1NC(=O)CSc1ccc(NC(=O)c2ccco2)cc1. The molecule has 0 aliphatic heterocycles. The van der Waals surface area contributed by atoms with Gasteiger partial charge in [0.05, 0.1) is 12.0 Å². The predicted molar refractivity (Wildman–Crippen MR) is 109 cm³/mol. The molecule has 7 heteroatoms. The summed E-state index contributed by atoms with van der Waals surface area (Å²) in [6.07, 6.45) is 1.45. The summed E-state index contributed by atoms with van der Waals surface area (Å²) in [6.45, 7) is 1.86. The zero-order chi connectivity index (χ0) is 19.2. The molecule has 0 saturated heterocycles. The molecular weight excluding hydrogens is 384 g/mol.